The van der Waals surface area contributed by atoms with Crippen molar-refractivity contribution in [2.75, 3.05) is 18.4 Å². The van der Waals surface area contributed by atoms with Gasteiger partial charge in [-0.05, 0) is 74.0 Å². The number of phenols is 1. The summed E-state index contributed by atoms with van der Waals surface area (Å²) in [6, 6.07) is 16.8. The molecule has 1 heterocycles. The number of hydrogen-bond acceptors (Lipinski definition) is 5. The lowest BCUT2D eigenvalue weighted by molar-refractivity contribution is 0.0950. The Morgan fingerprint density at radius 2 is 1.59 bits per heavy atom. The molecule has 32 heavy (non-hydrogen) atoms. The molecular formula is C26H32N4O2. The highest BCUT2D eigenvalue weighted by molar-refractivity contribution is 5.94. The molecule has 0 fully saturated rings. The van der Waals surface area contributed by atoms with Crippen LogP contribution in [0.25, 0.3) is 0 Å². The summed E-state index contributed by atoms with van der Waals surface area (Å²) >= 11 is 0. The number of nitrogens with zero attached hydrogens (tertiary/aromatic N) is 2. The van der Waals surface area contributed by atoms with Crippen molar-refractivity contribution >= 4 is 17.3 Å². The average Bonchev–Trinajstić information content (AvgIpc) is 2.81. The molecule has 3 aromatic rings. The van der Waals surface area contributed by atoms with E-state index in [0.29, 0.717) is 18.7 Å². The molecule has 168 valence electrons. The van der Waals surface area contributed by atoms with Crippen LogP contribution in [0.2, 0.25) is 0 Å². The third kappa shape index (κ3) is 6.82. The second kappa shape index (κ2) is 11.9. The van der Waals surface area contributed by atoms with Crippen molar-refractivity contribution in [2.45, 2.75) is 39.8 Å². The molecule has 2 aromatic carbocycles. The zero-order valence-electron chi connectivity index (χ0n) is 18.8. The van der Waals surface area contributed by atoms with Gasteiger partial charge in [0.05, 0.1) is 0 Å². The molecule has 0 spiro atoms. The number of aromatic nitrogens is 1. The highest BCUT2D eigenvalue weighted by Crippen LogP contribution is 2.21. The number of anilines is 2. The maximum atomic E-state index is 12.7. The Bertz CT molecular complexity index is 984. The van der Waals surface area contributed by atoms with Crippen molar-refractivity contribution in [3.63, 3.8) is 0 Å². The molecule has 1 amide bonds. The Kier molecular flexibility index (Phi) is 8.63. The second-order valence-corrected chi connectivity index (χ2v) is 7.86. The van der Waals surface area contributed by atoms with Crippen molar-refractivity contribution in [2.24, 2.45) is 0 Å². The van der Waals surface area contributed by atoms with Crippen LogP contribution in [-0.2, 0) is 13.1 Å². The maximum Gasteiger partial charge on any atom is 0.251 e. The van der Waals surface area contributed by atoms with E-state index in [0.717, 1.165) is 48.4 Å². The lowest BCUT2D eigenvalue weighted by Gasteiger charge is -2.21. The van der Waals surface area contributed by atoms with Gasteiger partial charge in [-0.1, -0.05) is 26.0 Å². The van der Waals surface area contributed by atoms with E-state index < -0.39 is 0 Å². The second-order valence-electron chi connectivity index (χ2n) is 7.86. The van der Waals surface area contributed by atoms with E-state index in [9.17, 15) is 9.90 Å². The van der Waals surface area contributed by atoms with E-state index >= 15 is 0 Å². The molecule has 0 saturated carbocycles. The first-order chi connectivity index (χ1) is 15.6. The van der Waals surface area contributed by atoms with Crippen LogP contribution < -0.4 is 10.6 Å². The van der Waals surface area contributed by atoms with E-state index in [2.05, 4.69) is 34.4 Å². The van der Waals surface area contributed by atoms with Gasteiger partial charge in [-0.15, -0.1) is 0 Å². The Morgan fingerprint density at radius 1 is 0.938 bits per heavy atom. The van der Waals surface area contributed by atoms with Crippen molar-refractivity contribution in [1.82, 2.24) is 15.2 Å². The first-order valence-corrected chi connectivity index (χ1v) is 11.2. The molecular weight excluding hydrogens is 400 g/mol. The fourth-order valence-electron chi connectivity index (χ4n) is 3.59. The van der Waals surface area contributed by atoms with Crippen LogP contribution in [0.1, 0.15) is 48.2 Å². The zero-order chi connectivity index (χ0) is 22.8. The van der Waals surface area contributed by atoms with Crippen LogP contribution >= 0.6 is 0 Å². The Morgan fingerprint density at radius 3 is 2.25 bits per heavy atom. The van der Waals surface area contributed by atoms with Gasteiger partial charge in [0.25, 0.3) is 5.91 Å². The van der Waals surface area contributed by atoms with E-state index in [-0.39, 0.29) is 11.7 Å². The molecule has 0 aliphatic carbocycles. The molecule has 0 unspecified atom stereocenters. The van der Waals surface area contributed by atoms with Gasteiger partial charge < -0.3 is 15.7 Å². The molecule has 0 radical (unpaired) electrons. The Labute approximate surface area is 190 Å². The fourth-order valence-corrected chi connectivity index (χ4v) is 3.59. The number of carbonyl (C=O) groups excluding carboxylic acids is 1. The predicted octanol–water partition coefficient (Wildman–Crippen LogP) is 5.08. The number of amides is 1. The van der Waals surface area contributed by atoms with E-state index in [1.54, 1.807) is 30.6 Å². The van der Waals surface area contributed by atoms with Crippen molar-refractivity contribution < 1.29 is 9.90 Å². The number of pyridine rings is 1. The minimum absolute atomic E-state index is 0.150. The first-order valence-electron chi connectivity index (χ1n) is 11.2. The molecule has 6 nitrogen and oxygen atoms in total. The standard InChI is InChI=1S/C26H32N4O2/c1-3-15-30(16-4-2)19-22-17-21(7-10-25(22)31)26(32)28-18-20-5-8-23(9-6-20)29-24-11-13-27-14-12-24/h5-14,17,31H,3-4,15-16,18-19H2,1-2H3,(H,27,29)(H,28,32). The molecule has 0 bridgehead atoms. The lowest BCUT2D eigenvalue weighted by atomic mass is 10.1. The molecule has 6 heteroatoms. The van der Waals surface area contributed by atoms with Crippen LogP contribution in [0.5, 0.6) is 5.75 Å². The fraction of sp³-hybridized carbons (Fsp3) is 0.308. The number of nitrogens with one attached hydrogen (secondary N) is 2. The quantitative estimate of drug-likeness (QED) is 0.394. The van der Waals surface area contributed by atoms with Crippen molar-refractivity contribution in [1.29, 1.82) is 0 Å². The van der Waals surface area contributed by atoms with Gasteiger partial charge in [-0.25, -0.2) is 0 Å². The van der Waals surface area contributed by atoms with Gasteiger partial charge >= 0.3 is 0 Å². The monoisotopic (exact) mass is 432 g/mol. The summed E-state index contributed by atoms with van der Waals surface area (Å²) in [5, 5.41) is 16.6. The zero-order valence-corrected chi connectivity index (χ0v) is 18.8. The summed E-state index contributed by atoms with van der Waals surface area (Å²) in [7, 11) is 0. The van der Waals surface area contributed by atoms with Gasteiger partial charge in [0, 0.05) is 48.0 Å². The van der Waals surface area contributed by atoms with Crippen LogP contribution in [0, 0.1) is 0 Å². The maximum absolute atomic E-state index is 12.7. The van der Waals surface area contributed by atoms with Crippen LogP contribution in [0.15, 0.2) is 67.0 Å². The predicted molar refractivity (Wildman–Crippen MR) is 129 cm³/mol. The topological polar surface area (TPSA) is 77.5 Å². The molecule has 0 atom stereocenters. The molecule has 0 aliphatic heterocycles. The number of hydrogen-bond donors (Lipinski definition) is 3. The first kappa shape index (κ1) is 23.3. The smallest absolute Gasteiger partial charge is 0.251 e. The molecule has 0 saturated heterocycles. The summed E-state index contributed by atoms with van der Waals surface area (Å²) < 4.78 is 0. The van der Waals surface area contributed by atoms with Crippen LogP contribution in [0.3, 0.4) is 0 Å². The number of carbonyl (C=O) groups is 1. The minimum Gasteiger partial charge on any atom is -0.508 e. The van der Waals surface area contributed by atoms with Crippen LogP contribution in [-0.4, -0.2) is 34.0 Å². The number of phenolic OH excluding ortho intramolecular Hbond substituents is 1. The van der Waals surface area contributed by atoms with E-state index in [1.165, 1.54) is 0 Å². The molecule has 3 rings (SSSR count). The molecule has 3 N–H and O–H groups in total. The molecule has 1 aromatic heterocycles. The van der Waals surface area contributed by atoms with Gasteiger partial charge in [0.2, 0.25) is 0 Å². The summed E-state index contributed by atoms with van der Waals surface area (Å²) in [6.07, 6.45) is 5.59. The third-order valence-electron chi connectivity index (χ3n) is 5.19. The van der Waals surface area contributed by atoms with Crippen LogP contribution in [0.4, 0.5) is 11.4 Å². The highest BCUT2D eigenvalue weighted by atomic mass is 16.3. The normalized spacial score (nSPS) is 10.8. The van der Waals surface area contributed by atoms with Gasteiger partial charge in [-0.3, -0.25) is 14.7 Å². The van der Waals surface area contributed by atoms with E-state index in [4.69, 9.17) is 0 Å². The van der Waals surface area contributed by atoms with Gasteiger partial charge in [0.1, 0.15) is 5.75 Å². The Balaban J connectivity index is 1.58. The summed E-state index contributed by atoms with van der Waals surface area (Å²) in [6.45, 7) is 7.30. The SMILES string of the molecule is CCCN(CCC)Cc1cc(C(=O)NCc2ccc(Nc3ccncc3)cc2)ccc1O. The van der Waals surface area contributed by atoms with Crippen molar-refractivity contribution in [3.8, 4) is 5.75 Å². The number of benzene rings is 2. The van der Waals surface area contributed by atoms with Crippen molar-refractivity contribution in [3.05, 3.63) is 83.7 Å². The number of aromatic hydroxyl groups is 1. The largest absolute Gasteiger partial charge is 0.508 e. The van der Waals surface area contributed by atoms with E-state index in [1.807, 2.05) is 36.4 Å². The summed E-state index contributed by atoms with van der Waals surface area (Å²) in [5.41, 5.74) is 4.29. The summed E-state index contributed by atoms with van der Waals surface area (Å²) in [4.78, 5) is 19.0. The van der Waals surface area contributed by atoms with Gasteiger partial charge in [-0.2, -0.15) is 0 Å². The molecule has 0 aliphatic rings. The average molecular weight is 433 g/mol. The lowest BCUT2D eigenvalue weighted by Crippen LogP contribution is -2.26. The minimum atomic E-state index is -0.150. The highest BCUT2D eigenvalue weighted by Gasteiger charge is 2.12. The Hall–Kier alpha value is -3.38. The number of rotatable bonds is 11. The third-order valence-corrected chi connectivity index (χ3v) is 5.19. The summed E-state index contributed by atoms with van der Waals surface area (Å²) in [5.74, 6) is 0.0822. The van der Waals surface area contributed by atoms with Gasteiger partial charge in [0.15, 0.2) is 0 Å².